The van der Waals surface area contributed by atoms with Crippen molar-refractivity contribution in [3.63, 3.8) is 0 Å². The minimum absolute atomic E-state index is 0.0569. The summed E-state index contributed by atoms with van der Waals surface area (Å²) in [6, 6.07) is 3.39. The van der Waals surface area contributed by atoms with Crippen LogP contribution in [0.25, 0.3) is 11.0 Å². The molecule has 19 heavy (non-hydrogen) atoms. The van der Waals surface area contributed by atoms with Crippen molar-refractivity contribution in [1.29, 1.82) is 0 Å². The van der Waals surface area contributed by atoms with E-state index in [0.717, 1.165) is 17.3 Å². The van der Waals surface area contributed by atoms with Crippen LogP contribution in [0.1, 0.15) is 0 Å². The Labute approximate surface area is 124 Å². The largest absolute Gasteiger partial charge is 0.481 e. The van der Waals surface area contributed by atoms with Gasteiger partial charge in [-0.3, -0.25) is 4.79 Å². The summed E-state index contributed by atoms with van der Waals surface area (Å²) in [5.74, 6) is -0.947. The Morgan fingerprint density at radius 2 is 2.05 bits per heavy atom. The number of carboxylic acid groups (broad SMARTS) is 1. The zero-order valence-electron chi connectivity index (χ0n) is 10.2. The van der Waals surface area contributed by atoms with Gasteiger partial charge in [0.2, 0.25) is 0 Å². The van der Waals surface area contributed by atoms with Crippen LogP contribution in [0.5, 0.6) is 0 Å². The molecule has 1 heterocycles. The maximum atomic E-state index is 10.7. The van der Waals surface area contributed by atoms with Crippen LogP contribution < -0.4 is 5.01 Å². The molecule has 0 saturated carbocycles. The van der Waals surface area contributed by atoms with E-state index >= 15 is 0 Å². The Morgan fingerprint density at radius 1 is 1.42 bits per heavy atom. The van der Waals surface area contributed by atoms with Gasteiger partial charge in [0.15, 0.2) is 5.16 Å². The van der Waals surface area contributed by atoms with Crippen molar-refractivity contribution in [2.45, 2.75) is 5.16 Å². The highest BCUT2D eigenvalue weighted by molar-refractivity contribution is 7.99. The molecule has 5 nitrogen and oxygen atoms in total. The maximum Gasteiger partial charge on any atom is 0.313 e. The van der Waals surface area contributed by atoms with Gasteiger partial charge in [-0.25, -0.2) is 9.66 Å². The fourth-order valence-corrected chi connectivity index (χ4v) is 2.76. The van der Waals surface area contributed by atoms with Crippen LogP contribution in [-0.2, 0) is 4.79 Å². The van der Waals surface area contributed by atoms with Gasteiger partial charge in [0.1, 0.15) is 0 Å². The molecule has 0 aliphatic rings. The predicted octanol–water partition coefficient (Wildman–Crippen LogP) is 2.72. The number of aliphatic carboxylic acids is 1. The first kappa shape index (κ1) is 14.3. The van der Waals surface area contributed by atoms with Crippen molar-refractivity contribution in [2.75, 3.05) is 24.9 Å². The van der Waals surface area contributed by atoms with Gasteiger partial charge in [-0.1, -0.05) is 35.0 Å². The molecule has 1 N–H and O–H groups in total. The third kappa shape index (κ3) is 2.91. The van der Waals surface area contributed by atoms with Gasteiger partial charge in [-0.15, -0.1) is 0 Å². The van der Waals surface area contributed by atoms with E-state index in [1.54, 1.807) is 16.8 Å². The third-order valence-corrected chi connectivity index (χ3v) is 4.00. The summed E-state index contributed by atoms with van der Waals surface area (Å²) in [6.45, 7) is 0. The lowest BCUT2D eigenvalue weighted by Crippen LogP contribution is -2.25. The molecule has 0 aliphatic carbocycles. The number of carboxylic acids is 1. The number of benzene rings is 1. The van der Waals surface area contributed by atoms with Gasteiger partial charge in [0, 0.05) is 14.1 Å². The fraction of sp³-hybridized carbons (Fsp3) is 0.273. The van der Waals surface area contributed by atoms with Crippen molar-refractivity contribution in [3.8, 4) is 0 Å². The van der Waals surface area contributed by atoms with Crippen molar-refractivity contribution < 1.29 is 9.90 Å². The number of halogens is 2. The molecule has 0 unspecified atom stereocenters. The van der Waals surface area contributed by atoms with Crippen molar-refractivity contribution in [2.24, 2.45) is 0 Å². The summed E-state index contributed by atoms with van der Waals surface area (Å²) in [5.41, 5.74) is 1.46. The molecule has 0 atom stereocenters. The standard InChI is InChI=1S/C11H11Cl2N3O2S/c1-15(2)16-9-4-7(13)6(12)3-8(9)14-11(16)19-5-10(17)18/h3-4H,5H2,1-2H3,(H,17,18). The molecule has 0 saturated heterocycles. The summed E-state index contributed by atoms with van der Waals surface area (Å²) in [5, 5.41) is 12.0. The van der Waals surface area contributed by atoms with Crippen molar-refractivity contribution >= 4 is 52.0 Å². The topological polar surface area (TPSA) is 58.4 Å². The number of hydrogen-bond donors (Lipinski definition) is 1. The molecule has 102 valence electrons. The SMILES string of the molecule is CN(C)n1c(SCC(=O)O)nc2cc(Cl)c(Cl)cc21. The summed E-state index contributed by atoms with van der Waals surface area (Å²) in [4.78, 5) is 15.0. The number of hydrogen-bond acceptors (Lipinski definition) is 4. The molecule has 1 aromatic carbocycles. The molecule has 0 radical (unpaired) electrons. The highest BCUT2D eigenvalue weighted by Crippen LogP contribution is 2.30. The van der Waals surface area contributed by atoms with E-state index in [0.29, 0.717) is 20.7 Å². The zero-order valence-corrected chi connectivity index (χ0v) is 12.6. The molecule has 2 aromatic rings. The minimum Gasteiger partial charge on any atom is -0.481 e. The molecule has 1 aromatic heterocycles. The molecule has 2 rings (SSSR count). The average Bonchev–Trinajstić information content (AvgIpc) is 2.64. The van der Waals surface area contributed by atoms with Crippen LogP contribution in [-0.4, -0.2) is 40.6 Å². The number of carbonyl (C=O) groups is 1. The van der Waals surface area contributed by atoms with Crippen LogP contribution in [0.15, 0.2) is 17.3 Å². The summed E-state index contributed by atoms with van der Waals surface area (Å²) < 4.78 is 1.80. The number of imidazole rings is 1. The second-order valence-electron chi connectivity index (χ2n) is 3.99. The molecular formula is C11H11Cl2N3O2S. The van der Waals surface area contributed by atoms with E-state index in [4.69, 9.17) is 28.3 Å². The van der Waals surface area contributed by atoms with Crippen LogP contribution in [0.3, 0.4) is 0 Å². The van der Waals surface area contributed by atoms with Crippen LogP contribution in [0, 0.1) is 0 Å². The molecule has 0 fully saturated rings. The van der Waals surface area contributed by atoms with E-state index in [2.05, 4.69) is 4.98 Å². The predicted molar refractivity (Wildman–Crippen MR) is 78.2 cm³/mol. The Morgan fingerprint density at radius 3 is 2.63 bits per heavy atom. The number of fused-ring (bicyclic) bond motifs is 1. The van der Waals surface area contributed by atoms with Crippen molar-refractivity contribution in [1.82, 2.24) is 9.66 Å². The smallest absolute Gasteiger partial charge is 0.313 e. The normalized spacial score (nSPS) is 10.9. The van der Waals surface area contributed by atoms with Crippen molar-refractivity contribution in [3.05, 3.63) is 22.2 Å². The zero-order chi connectivity index (χ0) is 14.2. The van der Waals surface area contributed by atoms with Gasteiger partial charge in [0.25, 0.3) is 0 Å². The Balaban J connectivity index is 2.56. The lowest BCUT2D eigenvalue weighted by molar-refractivity contribution is -0.133. The van der Waals surface area contributed by atoms with E-state index in [1.807, 2.05) is 19.1 Å². The lowest BCUT2D eigenvalue weighted by atomic mass is 10.3. The van der Waals surface area contributed by atoms with Gasteiger partial charge in [-0.2, -0.15) is 0 Å². The third-order valence-electron chi connectivity index (χ3n) is 2.37. The fourth-order valence-electron chi connectivity index (χ4n) is 1.64. The molecule has 0 amide bonds. The van der Waals surface area contributed by atoms with Gasteiger partial charge in [-0.05, 0) is 12.1 Å². The summed E-state index contributed by atoms with van der Waals surface area (Å²) in [6.07, 6.45) is 0. The first-order chi connectivity index (χ1) is 8.90. The van der Waals surface area contributed by atoms with E-state index < -0.39 is 5.97 Å². The molecule has 0 aliphatic heterocycles. The number of thioether (sulfide) groups is 1. The van der Waals surface area contributed by atoms with Gasteiger partial charge < -0.3 is 10.1 Å². The summed E-state index contributed by atoms with van der Waals surface area (Å²) >= 11 is 13.1. The van der Waals surface area contributed by atoms with Gasteiger partial charge in [0.05, 0.1) is 26.8 Å². The highest BCUT2D eigenvalue weighted by atomic mass is 35.5. The van der Waals surface area contributed by atoms with Crippen LogP contribution in [0.2, 0.25) is 10.0 Å². The van der Waals surface area contributed by atoms with E-state index in [1.165, 1.54) is 0 Å². The second-order valence-corrected chi connectivity index (χ2v) is 5.75. The summed E-state index contributed by atoms with van der Waals surface area (Å²) in [7, 11) is 3.68. The molecular weight excluding hydrogens is 309 g/mol. The Bertz CT molecular complexity index is 642. The molecule has 8 heteroatoms. The quantitative estimate of drug-likeness (QED) is 0.878. The number of rotatable bonds is 4. The van der Waals surface area contributed by atoms with Crippen LogP contribution in [0.4, 0.5) is 0 Å². The maximum absolute atomic E-state index is 10.7. The van der Waals surface area contributed by atoms with E-state index in [9.17, 15) is 4.79 Å². The first-order valence-electron chi connectivity index (χ1n) is 5.30. The monoisotopic (exact) mass is 319 g/mol. The van der Waals surface area contributed by atoms with Crippen LogP contribution >= 0.6 is 35.0 Å². The number of aromatic nitrogens is 2. The minimum atomic E-state index is -0.890. The Hall–Kier alpha value is -1.11. The Kier molecular flexibility index (Phi) is 4.13. The number of nitrogens with zero attached hydrogens (tertiary/aromatic N) is 3. The average molecular weight is 320 g/mol. The molecule has 0 spiro atoms. The first-order valence-corrected chi connectivity index (χ1v) is 7.04. The second kappa shape index (κ2) is 5.48. The molecule has 0 bridgehead atoms. The van der Waals surface area contributed by atoms with E-state index in [-0.39, 0.29) is 5.75 Å². The lowest BCUT2D eigenvalue weighted by Gasteiger charge is -2.17. The van der Waals surface area contributed by atoms with Gasteiger partial charge >= 0.3 is 5.97 Å². The highest BCUT2D eigenvalue weighted by Gasteiger charge is 2.15.